The molecule has 0 aliphatic rings. The number of carbonyl (C=O) groups is 1. The van der Waals surface area contributed by atoms with Crippen molar-refractivity contribution in [3.05, 3.63) is 12.7 Å². The predicted octanol–water partition coefficient (Wildman–Crippen LogP) is -1.84. The molecular weight excluding hydrogens is 190 g/mol. The second-order valence-corrected chi connectivity index (χ2v) is 3.01. The number of hydrogen-bond acceptors (Lipinski definition) is 2. The lowest BCUT2D eigenvalue weighted by molar-refractivity contribution is -0.849. The largest absolute Gasteiger partial charge is 1.00 e. The highest BCUT2D eigenvalue weighted by atomic mass is 35.5. The van der Waals surface area contributed by atoms with E-state index >= 15 is 0 Å². The second kappa shape index (κ2) is 7.06. The normalized spacial score (nSPS) is 14.1. The molecule has 0 bridgehead atoms. The van der Waals surface area contributed by atoms with Crippen LogP contribution in [0.5, 0.6) is 0 Å². The van der Waals surface area contributed by atoms with Crippen molar-refractivity contribution in [1.29, 1.82) is 0 Å². The summed E-state index contributed by atoms with van der Waals surface area (Å²) >= 11 is 0. The van der Waals surface area contributed by atoms with E-state index in [1.54, 1.807) is 13.0 Å². The van der Waals surface area contributed by atoms with Crippen molar-refractivity contribution < 1.29 is 26.4 Å². The van der Waals surface area contributed by atoms with Crippen molar-refractivity contribution in [2.75, 3.05) is 26.9 Å². The molecule has 1 unspecified atom stereocenters. The monoisotopic (exact) mass is 207 g/mol. The number of halogens is 1. The molecule has 0 aromatic heterocycles. The summed E-state index contributed by atoms with van der Waals surface area (Å²) in [4.78, 5) is 11.2. The van der Waals surface area contributed by atoms with Crippen molar-refractivity contribution >= 4 is 5.91 Å². The summed E-state index contributed by atoms with van der Waals surface area (Å²) in [6.45, 7) is 8.79. The summed E-state index contributed by atoms with van der Waals surface area (Å²) in [6, 6.07) is 0. The van der Waals surface area contributed by atoms with Crippen molar-refractivity contribution in [1.82, 2.24) is 0 Å². The van der Waals surface area contributed by atoms with Gasteiger partial charge in [-0.3, -0.25) is 0 Å². The van der Waals surface area contributed by atoms with Crippen LogP contribution in [0.25, 0.3) is 0 Å². The van der Waals surface area contributed by atoms with Crippen LogP contribution in [0.1, 0.15) is 13.8 Å². The van der Waals surface area contributed by atoms with Gasteiger partial charge in [0.2, 0.25) is 0 Å². The van der Waals surface area contributed by atoms with Crippen LogP contribution in [0, 0.1) is 0 Å². The molecule has 0 fully saturated rings. The first-order chi connectivity index (χ1) is 5.56. The first-order valence-electron chi connectivity index (χ1n) is 4.11. The second-order valence-electron chi connectivity index (χ2n) is 3.01. The van der Waals surface area contributed by atoms with Gasteiger partial charge in [0.15, 0.2) is 6.73 Å². The van der Waals surface area contributed by atoms with Crippen LogP contribution in [0.15, 0.2) is 12.7 Å². The zero-order valence-electron chi connectivity index (χ0n) is 8.55. The average Bonchev–Trinajstić information content (AvgIpc) is 2.01. The third kappa shape index (κ3) is 5.03. The van der Waals surface area contributed by atoms with E-state index < -0.39 is 0 Å². The summed E-state index contributed by atoms with van der Waals surface area (Å²) < 4.78 is 5.49. The van der Waals surface area contributed by atoms with Gasteiger partial charge in [-0.2, -0.15) is 0 Å². The first kappa shape index (κ1) is 15.1. The maximum absolute atomic E-state index is 11.2. The molecule has 78 valence electrons. The van der Waals surface area contributed by atoms with Gasteiger partial charge in [0.05, 0.1) is 14.0 Å². The fraction of sp³-hybridized carbons (Fsp3) is 0.667. The van der Waals surface area contributed by atoms with Crippen LogP contribution in [0.2, 0.25) is 0 Å². The number of rotatable bonds is 5. The van der Waals surface area contributed by atoms with Crippen LogP contribution in [0.3, 0.4) is 0 Å². The molecule has 0 aromatic carbocycles. The van der Waals surface area contributed by atoms with Crippen molar-refractivity contribution in [3.8, 4) is 0 Å². The van der Waals surface area contributed by atoms with E-state index in [1.807, 2.05) is 14.0 Å². The fourth-order valence-electron chi connectivity index (χ4n) is 0.850. The highest BCUT2D eigenvalue weighted by Crippen LogP contribution is 2.03. The van der Waals surface area contributed by atoms with Crippen molar-refractivity contribution in [2.24, 2.45) is 0 Å². The van der Waals surface area contributed by atoms with E-state index in [1.165, 1.54) is 0 Å². The van der Waals surface area contributed by atoms with E-state index in [-0.39, 0.29) is 22.8 Å². The number of quaternary nitrogens is 1. The van der Waals surface area contributed by atoms with Gasteiger partial charge in [-0.05, 0) is 13.0 Å². The molecule has 0 aliphatic heterocycles. The standard InChI is InChI=1S/C9H18NO2.ClH/c1-5-7-10(4,9(3)11)8-12-6-2;/h5H,1,6-8H2,2-4H3;1H/q+1;/p-1. The molecule has 0 rings (SSSR count). The van der Waals surface area contributed by atoms with E-state index in [0.717, 1.165) is 0 Å². The molecule has 0 heterocycles. The lowest BCUT2D eigenvalue weighted by atomic mass is 10.4. The first-order valence-corrected chi connectivity index (χ1v) is 4.11. The molecule has 0 saturated heterocycles. The maximum atomic E-state index is 11.2. The molecule has 0 aliphatic carbocycles. The average molecular weight is 208 g/mol. The van der Waals surface area contributed by atoms with E-state index in [2.05, 4.69) is 6.58 Å². The Kier molecular flexibility index (Phi) is 8.21. The Labute approximate surface area is 86.4 Å². The van der Waals surface area contributed by atoms with Gasteiger partial charge in [0.25, 0.3) is 0 Å². The number of carbonyl (C=O) groups excluding carboxylic acids is 1. The zero-order valence-corrected chi connectivity index (χ0v) is 9.30. The SMILES string of the molecule is C=CC[N+](C)(COCC)C(C)=O.[Cl-]. The number of nitrogens with zero attached hydrogens (tertiary/aromatic N) is 1. The molecule has 0 spiro atoms. The van der Waals surface area contributed by atoms with Gasteiger partial charge in [0.1, 0.15) is 6.54 Å². The zero-order chi connectivity index (χ0) is 9.61. The number of ether oxygens (including phenoxy) is 1. The Morgan fingerprint density at radius 3 is 2.46 bits per heavy atom. The molecule has 4 heteroatoms. The minimum Gasteiger partial charge on any atom is -1.00 e. The summed E-state index contributed by atoms with van der Waals surface area (Å²) in [5, 5.41) is 0. The van der Waals surface area contributed by atoms with E-state index in [4.69, 9.17) is 4.74 Å². The Morgan fingerprint density at radius 2 is 2.15 bits per heavy atom. The number of likely N-dealkylation sites (N-methyl/N-ethyl adjacent to an activating group) is 1. The molecule has 0 N–H and O–H groups in total. The van der Waals surface area contributed by atoms with Crippen LogP contribution in [0.4, 0.5) is 0 Å². The molecule has 0 saturated carbocycles. The Bertz CT molecular complexity index is 173. The van der Waals surface area contributed by atoms with Crippen LogP contribution < -0.4 is 12.4 Å². The maximum Gasteiger partial charge on any atom is 0.312 e. The van der Waals surface area contributed by atoms with Gasteiger partial charge < -0.3 is 17.1 Å². The highest BCUT2D eigenvalue weighted by molar-refractivity contribution is 5.65. The molecule has 3 nitrogen and oxygen atoms in total. The Morgan fingerprint density at radius 1 is 1.62 bits per heavy atom. The van der Waals surface area contributed by atoms with Gasteiger partial charge in [-0.1, -0.05) is 6.58 Å². The molecule has 1 amide bonds. The highest BCUT2D eigenvalue weighted by Gasteiger charge is 2.25. The third-order valence-corrected chi connectivity index (χ3v) is 1.87. The minimum atomic E-state index is 0. The van der Waals surface area contributed by atoms with Crippen molar-refractivity contribution in [3.63, 3.8) is 0 Å². The van der Waals surface area contributed by atoms with E-state index in [0.29, 0.717) is 19.9 Å². The molecule has 0 radical (unpaired) electrons. The quantitative estimate of drug-likeness (QED) is 0.301. The Balaban J connectivity index is 0. The lowest BCUT2D eigenvalue weighted by Gasteiger charge is -2.28. The van der Waals surface area contributed by atoms with Crippen LogP contribution >= 0.6 is 0 Å². The topological polar surface area (TPSA) is 26.3 Å². The molecular formula is C9H18ClNO2. The summed E-state index contributed by atoms with van der Waals surface area (Å²) in [5.41, 5.74) is 0. The van der Waals surface area contributed by atoms with Crippen molar-refractivity contribution in [2.45, 2.75) is 13.8 Å². The summed E-state index contributed by atoms with van der Waals surface area (Å²) in [6.07, 6.45) is 1.74. The molecule has 13 heavy (non-hydrogen) atoms. The van der Waals surface area contributed by atoms with Gasteiger partial charge in [-0.15, -0.1) is 0 Å². The lowest BCUT2D eigenvalue weighted by Crippen LogP contribution is -3.00. The predicted molar refractivity (Wildman–Crippen MR) is 48.4 cm³/mol. The summed E-state index contributed by atoms with van der Waals surface area (Å²) in [7, 11) is 1.85. The number of amides is 1. The van der Waals surface area contributed by atoms with E-state index in [9.17, 15) is 4.79 Å². The minimum absolute atomic E-state index is 0. The fourth-order valence-corrected chi connectivity index (χ4v) is 0.850. The number of hydrogen-bond donors (Lipinski definition) is 0. The smallest absolute Gasteiger partial charge is 0.312 e. The summed E-state index contributed by atoms with van der Waals surface area (Å²) in [5.74, 6) is 0.100. The molecule has 0 aromatic rings. The third-order valence-electron chi connectivity index (χ3n) is 1.87. The van der Waals surface area contributed by atoms with Crippen LogP contribution in [-0.2, 0) is 9.53 Å². The van der Waals surface area contributed by atoms with Crippen LogP contribution in [-0.4, -0.2) is 37.3 Å². The van der Waals surface area contributed by atoms with Gasteiger partial charge in [0, 0.05) is 6.61 Å². The van der Waals surface area contributed by atoms with Gasteiger partial charge >= 0.3 is 5.91 Å². The van der Waals surface area contributed by atoms with Gasteiger partial charge in [-0.25, -0.2) is 9.28 Å². The molecule has 1 atom stereocenters. The Hall–Kier alpha value is -0.380.